The van der Waals surface area contributed by atoms with Gasteiger partial charge in [-0.2, -0.15) is 4.31 Å². The van der Waals surface area contributed by atoms with Gasteiger partial charge in [0.15, 0.2) is 0 Å². The molecule has 25 heavy (non-hydrogen) atoms. The highest BCUT2D eigenvalue weighted by Crippen LogP contribution is 2.27. The van der Waals surface area contributed by atoms with Crippen LogP contribution in [0.4, 0.5) is 0 Å². The van der Waals surface area contributed by atoms with Crippen LogP contribution in [0.15, 0.2) is 35.2 Å². The smallest absolute Gasteiger partial charge is 0.243 e. The van der Waals surface area contributed by atoms with E-state index >= 15 is 0 Å². The molecule has 5 nitrogen and oxygen atoms in total. The summed E-state index contributed by atoms with van der Waals surface area (Å²) in [6.45, 7) is 2.66. The SMILES string of the molecule is CC1CCC(NC(=O)C2CCCCN2S(=O)(=O)c2ccccc2)CC1. The Hall–Kier alpha value is -1.40. The number of sulfonamides is 1. The predicted molar refractivity (Wildman–Crippen MR) is 97.5 cm³/mol. The minimum absolute atomic E-state index is 0.126. The topological polar surface area (TPSA) is 66.5 Å². The summed E-state index contributed by atoms with van der Waals surface area (Å²) in [4.78, 5) is 13.1. The first-order valence-corrected chi connectivity index (χ1v) is 10.8. The second kappa shape index (κ2) is 7.87. The second-order valence-electron chi connectivity index (χ2n) is 7.41. The van der Waals surface area contributed by atoms with Crippen LogP contribution in [0.5, 0.6) is 0 Å². The van der Waals surface area contributed by atoms with E-state index in [1.807, 2.05) is 0 Å². The summed E-state index contributed by atoms with van der Waals surface area (Å²) in [5.41, 5.74) is 0. The van der Waals surface area contributed by atoms with Gasteiger partial charge in [-0.1, -0.05) is 31.5 Å². The van der Waals surface area contributed by atoms with Crippen molar-refractivity contribution in [1.82, 2.24) is 9.62 Å². The molecule has 1 saturated heterocycles. The molecule has 0 aromatic heterocycles. The van der Waals surface area contributed by atoms with Crippen molar-refractivity contribution in [2.45, 2.75) is 68.8 Å². The Labute approximate surface area is 150 Å². The van der Waals surface area contributed by atoms with E-state index in [9.17, 15) is 13.2 Å². The molecule has 2 aliphatic rings. The van der Waals surface area contributed by atoms with Crippen LogP contribution in [-0.4, -0.2) is 37.3 Å². The van der Waals surface area contributed by atoms with Gasteiger partial charge >= 0.3 is 0 Å². The predicted octanol–water partition coefficient (Wildman–Crippen LogP) is 2.92. The number of hydrogen-bond donors (Lipinski definition) is 1. The molecule has 1 aliphatic heterocycles. The van der Waals surface area contributed by atoms with Crippen LogP contribution in [0.3, 0.4) is 0 Å². The van der Waals surface area contributed by atoms with Gasteiger partial charge in [-0.3, -0.25) is 4.79 Å². The van der Waals surface area contributed by atoms with E-state index in [0.29, 0.717) is 13.0 Å². The van der Waals surface area contributed by atoms with Crippen molar-refractivity contribution >= 4 is 15.9 Å². The maximum Gasteiger partial charge on any atom is 0.243 e. The molecule has 3 rings (SSSR count). The molecular formula is C19H28N2O3S. The highest BCUT2D eigenvalue weighted by atomic mass is 32.2. The lowest BCUT2D eigenvalue weighted by Gasteiger charge is -2.35. The monoisotopic (exact) mass is 364 g/mol. The first kappa shape index (κ1) is 18.4. The third kappa shape index (κ3) is 4.23. The Morgan fingerprint density at radius 2 is 1.72 bits per heavy atom. The zero-order valence-electron chi connectivity index (χ0n) is 14.9. The highest BCUT2D eigenvalue weighted by Gasteiger charge is 2.38. The van der Waals surface area contributed by atoms with Gasteiger partial charge in [0, 0.05) is 12.6 Å². The van der Waals surface area contributed by atoms with E-state index < -0.39 is 16.1 Å². The minimum atomic E-state index is -3.63. The Kier molecular flexibility index (Phi) is 5.79. The lowest BCUT2D eigenvalue weighted by atomic mass is 9.87. The first-order chi connectivity index (χ1) is 12.0. The number of nitrogens with zero attached hydrogens (tertiary/aromatic N) is 1. The number of carbonyl (C=O) groups is 1. The van der Waals surface area contributed by atoms with E-state index in [4.69, 9.17) is 0 Å². The summed E-state index contributed by atoms with van der Waals surface area (Å²) in [5.74, 6) is 0.594. The van der Waals surface area contributed by atoms with Crippen molar-refractivity contribution in [1.29, 1.82) is 0 Å². The molecule has 1 aliphatic carbocycles. The summed E-state index contributed by atoms with van der Waals surface area (Å²) in [6, 6.07) is 8.03. The fourth-order valence-corrected chi connectivity index (χ4v) is 5.56. The molecule has 0 spiro atoms. The Morgan fingerprint density at radius 3 is 2.40 bits per heavy atom. The van der Waals surface area contributed by atoms with Crippen molar-refractivity contribution in [3.05, 3.63) is 30.3 Å². The third-order valence-electron chi connectivity index (χ3n) is 5.47. The standard InChI is InChI=1S/C19H28N2O3S/c1-15-10-12-16(13-11-15)20-19(22)18-9-5-6-14-21(18)25(23,24)17-7-3-2-4-8-17/h2-4,7-8,15-16,18H,5-6,9-14H2,1H3,(H,20,22). The van der Waals surface area contributed by atoms with Gasteiger partial charge in [0.25, 0.3) is 0 Å². The van der Waals surface area contributed by atoms with Crippen molar-refractivity contribution in [2.75, 3.05) is 6.54 Å². The maximum absolute atomic E-state index is 13.0. The molecule has 0 bridgehead atoms. The van der Waals surface area contributed by atoms with Crippen LogP contribution in [0.2, 0.25) is 0 Å². The highest BCUT2D eigenvalue weighted by molar-refractivity contribution is 7.89. The summed E-state index contributed by atoms with van der Waals surface area (Å²) in [5, 5.41) is 3.12. The summed E-state index contributed by atoms with van der Waals surface area (Å²) < 4.78 is 27.4. The number of amides is 1. The summed E-state index contributed by atoms with van der Waals surface area (Å²) >= 11 is 0. The number of nitrogens with one attached hydrogen (secondary N) is 1. The molecule has 0 radical (unpaired) electrons. The molecule has 1 saturated carbocycles. The fourth-order valence-electron chi connectivity index (χ4n) is 3.88. The van der Waals surface area contributed by atoms with Crippen molar-refractivity contribution in [3.63, 3.8) is 0 Å². The van der Waals surface area contributed by atoms with E-state index in [0.717, 1.165) is 44.4 Å². The van der Waals surface area contributed by atoms with Crippen LogP contribution in [0, 0.1) is 5.92 Å². The number of piperidine rings is 1. The van der Waals surface area contributed by atoms with Gasteiger partial charge in [0.2, 0.25) is 15.9 Å². The number of benzene rings is 1. The number of carbonyl (C=O) groups excluding carboxylic acids is 1. The molecule has 1 N–H and O–H groups in total. The second-order valence-corrected chi connectivity index (χ2v) is 9.30. The lowest BCUT2D eigenvalue weighted by Crippen LogP contribution is -2.53. The first-order valence-electron chi connectivity index (χ1n) is 9.36. The van der Waals surface area contributed by atoms with Crippen LogP contribution in [-0.2, 0) is 14.8 Å². The van der Waals surface area contributed by atoms with Gasteiger partial charge in [-0.05, 0) is 56.6 Å². The molecule has 1 aromatic rings. The maximum atomic E-state index is 13.0. The van der Waals surface area contributed by atoms with Gasteiger partial charge in [-0.15, -0.1) is 0 Å². The quantitative estimate of drug-likeness (QED) is 0.893. The van der Waals surface area contributed by atoms with Crippen molar-refractivity contribution in [2.24, 2.45) is 5.92 Å². The molecule has 1 aromatic carbocycles. The number of rotatable bonds is 4. The molecule has 1 amide bonds. The molecular weight excluding hydrogens is 336 g/mol. The largest absolute Gasteiger partial charge is 0.352 e. The molecule has 2 fully saturated rings. The summed E-state index contributed by atoms with van der Waals surface area (Å²) in [6.07, 6.45) is 6.53. The van der Waals surface area contributed by atoms with Crippen LogP contribution in [0.1, 0.15) is 51.9 Å². The van der Waals surface area contributed by atoms with Crippen molar-refractivity contribution in [3.8, 4) is 0 Å². The lowest BCUT2D eigenvalue weighted by molar-refractivity contribution is -0.126. The molecule has 138 valence electrons. The van der Waals surface area contributed by atoms with Crippen molar-refractivity contribution < 1.29 is 13.2 Å². The van der Waals surface area contributed by atoms with E-state index in [2.05, 4.69) is 12.2 Å². The zero-order chi connectivity index (χ0) is 17.9. The fraction of sp³-hybridized carbons (Fsp3) is 0.632. The van der Waals surface area contributed by atoms with E-state index in [1.54, 1.807) is 30.3 Å². The van der Waals surface area contributed by atoms with Crippen LogP contribution in [0.25, 0.3) is 0 Å². The Balaban J connectivity index is 1.73. The summed E-state index contributed by atoms with van der Waals surface area (Å²) in [7, 11) is -3.63. The zero-order valence-corrected chi connectivity index (χ0v) is 15.7. The van der Waals surface area contributed by atoms with E-state index in [-0.39, 0.29) is 16.8 Å². The normalized spacial score (nSPS) is 28.4. The van der Waals surface area contributed by atoms with E-state index in [1.165, 1.54) is 4.31 Å². The van der Waals surface area contributed by atoms with Gasteiger partial charge in [-0.25, -0.2) is 8.42 Å². The average Bonchev–Trinajstić information content (AvgIpc) is 2.64. The molecule has 1 unspecified atom stereocenters. The average molecular weight is 365 g/mol. The van der Waals surface area contributed by atoms with Crippen LogP contribution < -0.4 is 5.32 Å². The Bertz CT molecular complexity index is 682. The Morgan fingerprint density at radius 1 is 1.04 bits per heavy atom. The van der Waals surface area contributed by atoms with Gasteiger partial charge in [0.05, 0.1) is 4.90 Å². The molecule has 1 atom stereocenters. The van der Waals surface area contributed by atoms with Crippen LogP contribution >= 0.6 is 0 Å². The minimum Gasteiger partial charge on any atom is -0.352 e. The van der Waals surface area contributed by atoms with Gasteiger partial charge in [0.1, 0.15) is 6.04 Å². The third-order valence-corrected chi connectivity index (χ3v) is 7.39. The molecule has 6 heteroatoms. The number of hydrogen-bond acceptors (Lipinski definition) is 3. The molecule has 1 heterocycles. The van der Waals surface area contributed by atoms with Gasteiger partial charge < -0.3 is 5.32 Å².